The van der Waals surface area contributed by atoms with Crippen LogP contribution in [0.2, 0.25) is 5.02 Å². The summed E-state index contributed by atoms with van der Waals surface area (Å²) in [6.07, 6.45) is 0. The lowest BCUT2D eigenvalue weighted by Gasteiger charge is -2.19. The van der Waals surface area contributed by atoms with Crippen LogP contribution in [0.5, 0.6) is 11.5 Å². The minimum Gasteiger partial charge on any atom is -0.486 e. The number of amides is 1. The highest BCUT2D eigenvalue weighted by atomic mass is 35.5. The Balaban J connectivity index is 1.57. The van der Waals surface area contributed by atoms with Crippen molar-refractivity contribution in [1.29, 1.82) is 0 Å². The van der Waals surface area contributed by atoms with Crippen LogP contribution in [-0.2, 0) is 4.79 Å². The van der Waals surface area contributed by atoms with Gasteiger partial charge in [-0.05, 0) is 36.8 Å². The predicted molar refractivity (Wildman–Crippen MR) is 90.7 cm³/mol. The van der Waals surface area contributed by atoms with Crippen LogP contribution in [0.1, 0.15) is 5.56 Å². The average molecular weight is 333 g/mol. The number of carbonyl (C=O) groups excluding carboxylic acids is 1. The molecule has 0 spiro atoms. The van der Waals surface area contributed by atoms with Gasteiger partial charge in [0.2, 0.25) is 5.91 Å². The normalized spacial score (nSPS) is 12.6. The molecule has 0 aliphatic carbocycles. The van der Waals surface area contributed by atoms with Crippen molar-refractivity contribution in [1.82, 2.24) is 0 Å². The van der Waals surface area contributed by atoms with Crippen molar-refractivity contribution in [2.24, 2.45) is 0 Å². The van der Waals surface area contributed by atoms with Gasteiger partial charge >= 0.3 is 0 Å². The van der Waals surface area contributed by atoms with Crippen LogP contribution in [-0.4, -0.2) is 25.7 Å². The van der Waals surface area contributed by atoms with E-state index in [9.17, 15) is 4.79 Å². The van der Waals surface area contributed by atoms with Crippen LogP contribution < -0.4 is 20.1 Å². The number of nitrogens with one attached hydrogen (secondary N) is 2. The third kappa shape index (κ3) is 3.87. The number of ether oxygens (including phenoxy) is 2. The molecule has 1 aliphatic rings. The van der Waals surface area contributed by atoms with Gasteiger partial charge in [-0.2, -0.15) is 0 Å². The number of rotatable bonds is 4. The zero-order chi connectivity index (χ0) is 16.2. The molecule has 23 heavy (non-hydrogen) atoms. The van der Waals surface area contributed by atoms with Crippen molar-refractivity contribution in [2.45, 2.75) is 6.92 Å². The van der Waals surface area contributed by atoms with Gasteiger partial charge in [0, 0.05) is 22.5 Å². The zero-order valence-corrected chi connectivity index (χ0v) is 13.4. The van der Waals surface area contributed by atoms with E-state index in [1.165, 1.54) is 0 Å². The first-order valence-electron chi connectivity index (χ1n) is 7.31. The SMILES string of the molecule is Cc1ccc(NC(=O)CNc2ccc3c(c2)OCCO3)cc1Cl. The maximum atomic E-state index is 12.0. The van der Waals surface area contributed by atoms with Gasteiger partial charge < -0.3 is 20.1 Å². The van der Waals surface area contributed by atoms with Crippen LogP contribution in [0.15, 0.2) is 36.4 Å². The number of anilines is 2. The highest BCUT2D eigenvalue weighted by molar-refractivity contribution is 6.31. The van der Waals surface area contributed by atoms with E-state index in [0.29, 0.717) is 29.7 Å². The second kappa shape index (κ2) is 6.79. The van der Waals surface area contributed by atoms with E-state index in [0.717, 1.165) is 17.0 Å². The van der Waals surface area contributed by atoms with Crippen LogP contribution in [0.25, 0.3) is 0 Å². The fourth-order valence-electron chi connectivity index (χ4n) is 2.21. The number of carbonyl (C=O) groups is 1. The van der Waals surface area contributed by atoms with Crippen LogP contribution in [0, 0.1) is 6.92 Å². The van der Waals surface area contributed by atoms with Gasteiger partial charge in [0.1, 0.15) is 13.2 Å². The fourth-order valence-corrected chi connectivity index (χ4v) is 2.39. The van der Waals surface area contributed by atoms with Gasteiger partial charge in [0.25, 0.3) is 0 Å². The third-order valence-corrected chi connectivity index (χ3v) is 3.86. The summed E-state index contributed by atoms with van der Waals surface area (Å²) >= 11 is 6.05. The molecule has 1 heterocycles. The molecule has 2 aromatic carbocycles. The molecule has 5 nitrogen and oxygen atoms in total. The summed E-state index contributed by atoms with van der Waals surface area (Å²) in [4.78, 5) is 12.0. The molecule has 2 aromatic rings. The van der Waals surface area contributed by atoms with E-state index in [1.54, 1.807) is 6.07 Å². The molecular formula is C17H17ClN2O3. The average Bonchev–Trinajstić information content (AvgIpc) is 2.56. The van der Waals surface area contributed by atoms with Gasteiger partial charge in [-0.3, -0.25) is 4.79 Å². The fraction of sp³-hybridized carbons (Fsp3) is 0.235. The first-order valence-corrected chi connectivity index (χ1v) is 7.69. The van der Waals surface area contributed by atoms with Crippen molar-refractivity contribution in [3.8, 4) is 11.5 Å². The molecule has 0 bridgehead atoms. The Bertz CT molecular complexity index is 734. The Morgan fingerprint density at radius 3 is 2.61 bits per heavy atom. The molecule has 0 aromatic heterocycles. The lowest BCUT2D eigenvalue weighted by molar-refractivity contribution is -0.114. The maximum absolute atomic E-state index is 12.0. The summed E-state index contributed by atoms with van der Waals surface area (Å²) < 4.78 is 11.0. The molecule has 0 fully saturated rings. The maximum Gasteiger partial charge on any atom is 0.243 e. The summed E-state index contributed by atoms with van der Waals surface area (Å²) in [7, 11) is 0. The van der Waals surface area contributed by atoms with Crippen LogP contribution in [0.4, 0.5) is 11.4 Å². The predicted octanol–water partition coefficient (Wildman–Crippen LogP) is 3.47. The van der Waals surface area contributed by atoms with Crippen molar-refractivity contribution >= 4 is 28.9 Å². The van der Waals surface area contributed by atoms with Gasteiger partial charge in [-0.25, -0.2) is 0 Å². The summed E-state index contributed by atoms with van der Waals surface area (Å²) in [6, 6.07) is 10.9. The Labute approximate surface area is 139 Å². The second-order valence-corrected chi connectivity index (χ2v) is 5.63. The minimum atomic E-state index is -0.153. The third-order valence-electron chi connectivity index (χ3n) is 3.45. The van der Waals surface area contributed by atoms with Gasteiger partial charge in [0.15, 0.2) is 11.5 Å². The summed E-state index contributed by atoms with van der Waals surface area (Å²) in [5.74, 6) is 1.26. The Hall–Kier alpha value is -2.40. The molecular weight excluding hydrogens is 316 g/mol. The van der Waals surface area contributed by atoms with Gasteiger partial charge in [-0.1, -0.05) is 17.7 Å². The summed E-state index contributed by atoms with van der Waals surface area (Å²) in [6.45, 7) is 3.15. The molecule has 0 unspecified atom stereocenters. The number of hydrogen-bond acceptors (Lipinski definition) is 4. The monoisotopic (exact) mass is 332 g/mol. The molecule has 0 atom stereocenters. The molecule has 2 N–H and O–H groups in total. The molecule has 0 saturated heterocycles. The van der Waals surface area contributed by atoms with E-state index in [1.807, 2.05) is 37.3 Å². The lowest BCUT2D eigenvalue weighted by Crippen LogP contribution is -2.22. The largest absolute Gasteiger partial charge is 0.486 e. The molecule has 1 aliphatic heterocycles. The zero-order valence-electron chi connectivity index (χ0n) is 12.7. The summed E-state index contributed by atoms with van der Waals surface area (Å²) in [5, 5.41) is 6.49. The smallest absolute Gasteiger partial charge is 0.243 e. The van der Waals surface area contributed by atoms with Crippen LogP contribution >= 0.6 is 11.6 Å². The van der Waals surface area contributed by atoms with E-state index in [4.69, 9.17) is 21.1 Å². The molecule has 120 valence electrons. The van der Waals surface area contributed by atoms with Gasteiger partial charge in [0.05, 0.1) is 6.54 Å². The Morgan fingerprint density at radius 1 is 1.09 bits per heavy atom. The van der Waals surface area contributed by atoms with E-state index in [-0.39, 0.29) is 12.5 Å². The first kappa shape index (κ1) is 15.5. The van der Waals surface area contributed by atoms with Crippen molar-refractivity contribution in [3.63, 3.8) is 0 Å². The Morgan fingerprint density at radius 2 is 1.83 bits per heavy atom. The number of halogens is 1. The lowest BCUT2D eigenvalue weighted by atomic mass is 10.2. The van der Waals surface area contributed by atoms with Crippen LogP contribution in [0.3, 0.4) is 0 Å². The highest BCUT2D eigenvalue weighted by Gasteiger charge is 2.12. The highest BCUT2D eigenvalue weighted by Crippen LogP contribution is 2.32. The van der Waals surface area contributed by atoms with Crippen molar-refractivity contribution < 1.29 is 14.3 Å². The second-order valence-electron chi connectivity index (χ2n) is 5.22. The first-order chi connectivity index (χ1) is 11.1. The molecule has 3 rings (SSSR count). The molecule has 6 heteroatoms. The number of fused-ring (bicyclic) bond motifs is 1. The molecule has 0 saturated carbocycles. The van der Waals surface area contributed by atoms with E-state index in [2.05, 4.69) is 10.6 Å². The number of aryl methyl sites for hydroxylation is 1. The van der Waals surface area contributed by atoms with Crippen molar-refractivity contribution in [2.75, 3.05) is 30.4 Å². The van der Waals surface area contributed by atoms with E-state index < -0.39 is 0 Å². The standard InChI is InChI=1S/C17H17ClN2O3/c1-11-2-3-13(8-14(11)18)20-17(21)10-19-12-4-5-15-16(9-12)23-7-6-22-15/h2-5,8-9,19H,6-7,10H2,1H3,(H,20,21). The van der Waals surface area contributed by atoms with Gasteiger partial charge in [-0.15, -0.1) is 0 Å². The Kier molecular flexibility index (Phi) is 4.57. The number of hydrogen-bond donors (Lipinski definition) is 2. The number of benzene rings is 2. The quantitative estimate of drug-likeness (QED) is 0.900. The van der Waals surface area contributed by atoms with Crippen molar-refractivity contribution in [3.05, 3.63) is 47.0 Å². The minimum absolute atomic E-state index is 0.144. The summed E-state index contributed by atoms with van der Waals surface area (Å²) in [5.41, 5.74) is 2.44. The molecule has 1 amide bonds. The molecule has 0 radical (unpaired) electrons. The topological polar surface area (TPSA) is 59.6 Å². The van der Waals surface area contributed by atoms with E-state index >= 15 is 0 Å².